The van der Waals surface area contributed by atoms with Crippen molar-refractivity contribution in [3.05, 3.63) is 164 Å². The predicted molar refractivity (Wildman–Crippen MR) is 478 cm³/mol. The van der Waals surface area contributed by atoms with Crippen LogP contribution in [0.3, 0.4) is 0 Å². The number of Topliss-reactive ketones (excluding diaryl/α,β-unsaturated/α-hetero) is 4. The molecule has 0 unspecified atom stereocenters. The Morgan fingerprint density at radius 1 is 0.403 bits per heavy atom. The van der Waals surface area contributed by atoms with Gasteiger partial charge in [0.05, 0.1) is 22.3 Å². The van der Waals surface area contributed by atoms with Crippen LogP contribution >= 0.6 is 23.5 Å². The van der Waals surface area contributed by atoms with Gasteiger partial charge in [-0.3, -0.25) is 34.5 Å². The van der Waals surface area contributed by atoms with Crippen molar-refractivity contribution in [3.8, 4) is 23.0 Å². The molecule has 15 N–H and O–H groups in total. The van der Waals surface area contributed by atoms with E-state index in [1.807, 2.05) is 6.92 Å². The van der Waals surface area contributed by atoms with Crippen LogP contribution in [0.1, 0.15) is 201 Å². The van der Waals surface area contributed by atoms with Crippen LogP contribution in [-0.2, 0) is 109 Å². The average Bonchev–Trinajstić information content (AvgIpc) is 0.807. The third kappa shape index (κ3) is 41.6. The highest BCUT2D eigenvalue weighted by Crippen LogP contribution is 2.44. The third-order valence-electron chi connectivity index (χ3n) is 18.2. The molecule has 24 nitrogen and oxygen atoms in total. The predicted octanol–water partition coefficient (Wildman–Crippen LogP) is 18.7. The van der Waals surface area contributed by atoms with Crippen LogP contribution in [0.5, 0.6) is 23.0 Å². The van der Waals surface area contributed by atoms with Crippen molar-refractivity contribution < 1.29 is 110 Å². The van der Waals surface area contributed by atoms with E-state index in [9.17, 15) is 86.2 Å². The number of carbonyl (C=O) groups is 7. The molecule has 0 saturated heterocycles. The first-order valence-corrected chi connectivity index (χ1v) is 44.1. The molecule has 0 bridgehead atoms. The number of nitrogens with two attached hydrogens (primary N) is 5. The number of anilines is 2. The molecule has 6 aromatic rings. The van der Waals surface area contributed by atoms with Gasteiger partial charge < -0.3 is 73.6 Å². The summed E-state index contributed by atoms with van der Waals surface area (Å²) in [6.45, 7) is 20.3. The molecule has 6 rings (SSSR count). The van der Waals surface area contributed by atoms with Crippen molar-refractivity contribution >= 4 is 88.1 Å². The first-order valence-electron chi connectivity index (χ1n) is 42.1. The number of amides is 3. The number of benzene rings is 6. The minimum atomic E-state index is -4.81. The first kappa shape index (κ1) is 109. The SMILES string of the molecule is CCCSc1c(CC(=O)CCCCN=C(C)NC(=O)OC(C)(C)C)cc(C(F)(F)F)cc1CC(=O)Cc1ccc(Oc2ccc(NCCNC(=O)OC(C)(C)C)c(C(F)(F)F)c2)c(CCCNC(=O)OC(C)(C)C)c1.NCCCc1cc(CC(=O)Cc2cc(C(F)(F)F)cc(CC(=O)CCCCN=C(N)N)c2SCCN)ccc1Oc1ccc(NCCN)c(C(F)(F)F)c1. The summed E-state index contributed by atoms with van der Waals surface area (Å²) in [5.74, 6) is -0.100. The van der Waals surface area contributed by atoms with Gasteiger partial charge in [0, 0.05) is 131 Å². The van der Waals surface area contributed by atoms with E-state index in [0.717, 1.165) is 36.4 Å². The Hall–Kier alpha value is -10.3. The molecule has 129 heavy (non-hydrogen) atoms. The summed E-state index contributed by atoms with van der Waals surface area (Å²) in [7, 11) is 0. The number of ether oxygens (including phenoxy) is 5. The number of nitrogens with one attached hydrogen (secondary N) is 5. The van der Waals surface area contributed by atoms with Crippen LogP contribution in [0.15, 0.2) is 117 Å². The topological polar surface area (TPSA) is 381 Å². The second-order valence-corrected chi connectivity index (χ2v) is 35.5. The molecule has 0 saturated carbocycles. The molecule has 0 spiro atoms. The van der Waals surface area contributed by atoms with Crippen molar-refractivity contribution in [1.29, 1.82) is 0 Å². The van der Waals surface area contributed by atoms with E-state index in [0.29, 0.717) is 120 Å². The summed E-state index contributed by atoms with van der Waals surface area (Å²) in [4.78, 5) is 99.0. The highest BCUT2D eigenvalue weighted by molar-refractivity contribution is 7.99. The van der Waals surface area contributed by atoms with E-state index in [-0.39, 0.29) is 165 Å². The number of carbonyl (C=O) groups excluding carboxylic acids is 7. The number of rotatable bonds is 46. The monoisotopic (exact) mass is 1860 g/mol. The van der Waals surface area contributed by atoms with Crippen molar-refractivity contribution in [2.45, 2.75) is 237 Å². The number of ketones is 4. The van der Waals surface area contributed by atoms with Crippen LogP contribution in [0, 0.1) is 0 Å². The molecule has 0 aliphatic carbocycles. The maximum atomic E-state index is 14.4. The van der Waals surface area contributed by atoms with Gasteiger partial charge in [-0.25, -0.2) is 14.4 Å². The first-order chi connectivity index (χ1) is 60.3. The molecule has 0 heterocycles. The van der Waals surface area contributed by atoms with Gasteiger partial charge in [-0.15, -0.1) is 23.5 Å². The van der Waals surface area contributed by atoms with E-state index >= 15 is 0 Å². The Bertz CT molecular complexity index is 4790. The van der Waals surface area contributed by atoms with E-state index < -0.39 is 100 Å². The van der Waals surface area contributed by atoms with Crippen LogP contribution in [-0.4, -0.2) is 140 Å². The molecular weight excluding hydrogens is 1750 g/mol. The van der Waals surface area contributed by atoms with E-state index in [2.05, 4.69) is 36.6 Å². The maximum absolute atomic E-state index is 14.4. The molecule has 712 valence electrons. The fourth-order valence-electron chi connectivity index (χ4n) is 12.8. The van der Waals surface area contributed by atoms with Crippen LogP contribution in [0.2, 0.25) is 0 Å². The lowest BCUT2D eigenvalue weighted by Gasteiger charge is -2.20. The van der Waals surface area contributed by atoms with Gasteiger partial charge in [-0.1, -0.05) is 31.2 Å². The number of alkyl carbamates (subject to hydrolysis) is 3. The zero-order chi connectivity index (χ0) is 96.3. The molecule has 3 amide bonds. The van der Waals surface area contributed by atoms with Gasteiger partial charge in [-0.05, 0) is 257 Å². The van der Waals surface area contributed by atoms with Crippen LogP contribution in [0.4, 0.5) is 78.4 Å². The van der Waals surface area contributed by atoms with E-state index in [1.165, 1.54) is 59.9 Å². The zero-order valence-corrected chi connectivity index (χ0v) is 76.2. The summed E-state index contributed by atoms with van der Waals surface area (Å²) < 4.78 is 198. The van der Waals surface area contributed by atoms with Gasteiger partial charge in [-0.2, -0.15) is 52.7 Å². The van der Waals surface area contributed by atoms with Crippen molar-refractivity contribution in [1.82, 2.24) is 16.0 Å². The summed E-state index contributed by atoms with van der Waals surface area (Å²) in [6, 6.07) is 20.2. The second-order valence-electron chi connectivity index (χ2n) is 33.3. The molecule has 6 aromatic carbocycles. The number of amidine groups is 1. The lowest BCUT2D eigenvalue weighted by atomic mass is 9.95. The molecule has 38 heteroatoms. The van der Waals surface area contributed by atoms with Crippen molar-refractivity contribution in [3.63, 3.8) is 0 Å². The van der Waals surface area contributed by atoms with E-state index in [4.69, 9.17) is 52.4 Å². The Balaban J connectivity index is 0.000000482. The molecule has 0 aromatic heterocycles. The number of unbranched alkanes of at least 4 members (excludes halogenated alkanes) is 2. The van der Waals surface area contributed by atoms with Crippen LogP contribution in [0.25, 0.3) is 0 Å². The summed E-state index contributed by atoms with van der Waals surface area (Å²) >= 11 is 2.46. The number of aryl methyl sites for hydroxylation is 2. The quantitative estimate of drug-likeness (QED) is 0.00424. The summed E-state index contributed by atoms with van der Waals surface area (Å²) in [5, 5.41) is 13.0. The van der Waals surface area contributed by atoms with Gasteiger partial charge in [0.15, 0.2) is 5.96 Å². The summed E-state index contributed by atoms with van der Waals surface area (Å²) in [5.41, 5.74) is 23.6. The number of alkyl halides is 12. The molecule has 0 aliphatic heterocycles. The van der Waals surface area contributed by atoms with Gasteiger partial charge >= 0.3 is 43.0 Å². The molecule has 0 radical (unpaired) electrons. The summed E-state index contributed by atoms with van der Waals surface area (Å²) in [6.07, 6.45) is -18.6. The highest BCUT2D eigenvalue weighted by Gasteiger charge is 2.38. The Morgan fingerprint density at radius 3 is 1.20 bits per heavy atom. The lowest BCUT2D eigenvalue weighted by Crippen LogP contribution is -2.35. The van der Waals surface area contributed by atoms with E-state index in [1.54, 1.807) is 93.5 Å². The fourth-order valence-corrected chi connectivity index (χ4v) is 14.8. The molecule has 0 fully saturated rings. The molecule has 0 aliphatic rings. The average molecular weight is 1870 g/mol. The number of nitrogens with zero attached hydrogens (tertiary/aromatic N) is 2. The number of halogens is 12. The number of guanidine groups is 1. The Labute approximate surface area is 753 Å². The number of aliphatic imine (C=N–C) groups is 2. The Morgan fingerprint density at radius 2 is 0.806 bits per heavy atom. The van der Waals surface area contributed by atoms with Gasteiger partial charge in [0.2, 0.25) is 0 Å². The largest absolute Gasteiger partial charge is 0.457 e. The third-order valence-corrected chi connectivity index (χ3v) is 20.8. The fraction of sp³-hybridized carbons (Fsp3) is 0.505. The van der Waals surface area contributed by atoms with Crippen molar-refractivity contribution in [2.75, 3.05) is 81.0 Å². The zero-order valence-electron chi connectivity index (χ0n) is 74.6. The van der Waals surface area contributed by atoms with Gasteiger partial charge in [0.25, 0.3) is 0 Å². The Kier molecular flexibility index (Phi) is 43.5. The van der Waals surface area contributed by atoms with Crippen LogP contribution < -0.4 is 64.7 Å². The molecule has 0 atom stereocenters. The maximum Gasteiger partial charge on any atom is 0.418 e. The lowest BCUT2D eigenvalue weighted by molar-refractivity contribution is -0.138. The highest BCUT2D eigenvalue weighted by atomic mass is 32.2. The normalized spacial score (nSPS) is 12.1. The number of thioether (sulfide) groups is 2. The minimum Gasteiger partial charge on any atom is -0.457 e. The number of hydrogen-bond acceptors (Lipinski definition) is 21. The van der Waals surface area contributed by atoms with Gasteiger partial charge in [0.1, 0.15) is 68.8 Å². The smallest absolute Gasteiger partial charge is 0.418 e. The standard InChI is InChI=1S/C54H73F6N5O9S.C37H47F6N7O3S/c1-12-26-75-46-37(31-40(66)17-13-14-22-61-34(2)65-49(70)74-52(9,10)11)29-39(53(55,56)57)30-38(46)32-41(67)28-35-18-21-45(36(27-35)16-15-23-63-47(68)72-50(3,4)5)71-42-19-20-44(43(33-42)54(58,59)60)62-24-25-64-48(69)73-51(6,7)8;38-36(39,40)27-18-25(20-28(51)5-1-2-13-50-35(47)48)34(54-15-12-46)26(19-27)21-29(52)17-23-6-9-33(24(16-23)4-3-10-44)53-30-7-8-32(49-14-11-45)31(22-30)37(41,42)43/h18-21,27,29-30,33,62H,12-17,22-26,28,31-32H2,1-11H3,(H,63,68)(H,64,69)(H,61,65,70);6-9,16,18-19,22,49H,1-5,10-15,17,20-21,44-46H2,(H4,47,48,50). The molecular formula is C91H120F12N12O12S2. The number of hydrogen-bond donors (Lipinski definition) is 10. The minimum absolute atomic E-state index is 0.0365. The second kappa shape index (κ2) is 51.3. The van der Waals surface area contributed by atoms with Crippen molar-refractivity contribution in [2.24, 2.45) is 38.7 Å².